The number of aromatic nitrogens is 3. The molecule has 4 aromatic rings. The Labute approximate surface area is 223 Å². The minimum absolute atomic E-state index is 0.0307. The van der Waals surface area contributed by atoms with Gasteiger partial charge in [-0.25, -0.2) is 9.67 Å². The summed E-state index contributed by atoms with van der Waals surface area (Å²) in [5.74, 6) is 0.884. The SMILES string of the molecule is Cc1nc(C(N)=O)nn1-c1ccc(Cc2ccc(-c3ccc(CN4CCC5CN(C)CC54)cc3)cc2)cc1. The number of primary amides is 1. The van der Waals surface area contributed by atoms with Crippen LogP contribution in [0.5, 0.6) is 0 Å². The molecule has 2 N–H and O–H groups in total. The first-order valence-corrected chi connectivity index (χ1v) is 13.4. The average Bonchev–Trinajstić information content (AvgIpc) is 3.60. The summed E-state index contributed by atoms with van der Waals surface area (Å²) >= 11 is 0. The smallest absolute Gasteiger partial charge is 0.288 e. The minimum Gasteiger partial charge on any atom is -0.363 e. The Kier molecular flexibility index (Phi) is 6.55. The Hall–Kier alpha value is -3.81. The van der Waals surface area contributed by atoms with Crippen molar-refractivity contribution in [3.05, 3.63) is 101 Å². The van der Waals surface area contributed by atoms with Gasteiger partial charge < -0.3 is 10.6 Å². The lowest BCUT2D eigenvalue weighted by Gasteiger charge is -2.24. The summed E-state index contributed by atoms with van der Waals surface area (Å²) in [6.45, 7) is 6.54. The summed E-state index contributed by atoms with van der Waals surface area (Å²) in [5, 5.41) is 4.20. The zero-order chi connectivity index (χ0) is 26.2. The topological polar surface area (TPSA) is 80.3 Å². The van der Waals surface area contributed by atoms with Crippen LogP contribution in [0.15, 0.2) is 72.8 Å². The predicted octanol–water partition coefficient (Wildman–Crippen LogP) is 4.07. The second-order valence-corrected chi connectivity index (χ2v) is 10.8. The van der Waals surface area contributed by atoms with E-state index in [0.717, 1.165) is 30.6 Å². The summed E-state index contributed by atoms with van der Waals surface area (Å²) in [6, 6.07) is 26.8. The molecule has 0 saturated carbocycles. The predicted molar refractivity (Wildman–Crippen MR) is 149 cm³/mol. The number of rotatable bonds is 7. The number of fused-ring (bicyclic) bond motifs is 1. The molecule has 2 fully saturated rings. The zero-order valence-corrected chi connectivity index (χ0v) is 22.0. The molecule has 2 saturated heterocycles. The zero-order valence-electron chi connectivity index (χ0n) is 22.0. The molecule has 1 amide bonds. The molecule has 6 rings (SSSR count). The maximum Gasteiger partial charge on any atom is 0.288 e. The number of carbonyl (C=O) groups excluding carboxylic acids is 1. The molecule has 2 unspecified atom stereocenters. The Balaban J connectivity index is 1.08. The fourth-order valence-electron chi connectivity index (χ4n) is 6.04. The molecular weight excluding hydrogens is 472 g/mol. The molecule has 1 aromatic heterocycles. The van der Waals surface area contributed by atoms with Gasteiger partial charge in [-0.3, -0.25) is 9.69 Å². The first-order valence-electron chi connectivity index (χ1n) is 13.4. The quantitative estimate of drug-likeness (QED) is 0.409. The van der Waals surface area contributed by atoms with Gasteiger partial charge in [-0.2, -0.15) is 0 Å². The van der Waals surface area contributed by atoms with Crippen LogP contribution in [0.25, 0.3) is 16.8 Å². The first-order chi connectivity index (χ1) is 18.4. The molecule has 38 heavy (non-hydrogen) atoms. The molecular formula is C31H34N6O. The van der Waals surface area contributed by atoms with Crippen LogP contribution in [0.2, 0.25) is 0 Å². The van der Waals surface area contributed by atoms with E-state index in [1.807, 2.05) is 12.1 Å². The molecule has 2 aliphatic heterocycles. The van der Waals surface area contributed by atoms with E-state index in [2.05, 4.69) is 87.6 Å². The summed E-state index contributed by atoms with van der Waals surface area (Å²) in [4.78, 5) is 20.6. The summed E-state index contributed by atoms with van der Waals surface area (Å²) in [7, 11) is 2.25. The number of hydrogen-bond acceptors (Lipinski definition) is 5. The number of likely N-dealkylation sites (tertiary alicyclic amines) is 2. The highest BCUT2D eigenvalue weighted by atomic mass is 16.1. The molecule has 0 bridgehead atoms. The second kappa shape index (κ2) is 10.2. The Morgan fingerprint density at radius 1 is 0.895 bits per heavy atom. The number of carbonyl (C=O) groups is 1. The lowest BCUT2D eigenvalue weighted by molar-refractivity contribution is 0.0990. The van der Waals surface area contributed by atoms with Gasteiger partial charge in [-0.05, 0) is 79.2 Å². The number of nitrogens with two attached hydrogens (primary N) is 1. The lowest BCUT2D eigenvalue weighted by atomic mass is 9.99. The van der Waals surface area contributed by atoms with Gasteiger partial charge in [0.15, 0.2) is 0 Å². The van der Waals surface area contributed by atoms with Crippen molar-refractivity contribution in [2.24, 2.45) is 11.7 Å². The van der Waals surface area contributed by atoms with Gasteiger partial charge in [0.25, 0.3) is 5.91 Å². The lowest BCUT2D eigenvalue weighted by Crippen LogP contribution is -2.33. The molecule has 2 atom stereocenters. The van der Waals surface area contributed by atoms with E-state index in [9.17, 15) is 4.79 Å². The minimum atomic E-state index is -0.625. The molecule has 0 radical (unpaired) electrons. The molecule has 7 nitrogen and oxygen atoms in total. The van der Waals surface area contributed by atoms with Crippen molar-refractivity contribution >= 4 is 5.91 Å². The fraction of sp³-hybridized carbons (Fsp3) is 0.323. The van der Waals surface area contributed by atoms with Crippen LogP contribution in [0, 0.1) is 12.8 Å². The highest BCUT2D eigenvalue weighted by Crippen LogP contribution is 2.32. The van der Waals surface area contributed by atoms with Gasteiger partial charge in [0.2, 0.25) is 5.82 Å². The molecule has 194 valence electrons. The van der Waals surface area contributed by atoms with Crippen molar-refractivity contribution < 1.29 is 4.79 Å². The van der Waals surface area contributed by atoms with Gasteiger partial charge in [0.05, 0.1) is 5.69 Å². The molecule has 3 aromatic carbocycles. The van der Waals surface area contributed by atoms with Crippen LogP contribution in [-0.4, -0.2) is 63.2 Å². The number of benzene rings is 3. The monoisotopic (exact) mass is 506 g/mol. The van der Waals surface area contributed by atoms with Crippen molar-refractivity contribution in [3.8, 4) is 16.8 Å². The summed E-state index contributed by atoms with van der Waals surface area (Å²) < 4.78 is 1.64. The highest BCUT2D eigenvalue weighted by Gasteiger charge is 2.39. The maximum absolute atomic E-state index is 11.4. The van der Waals surface area contributed by atoms with E-state index in [1.165, 1.54) is 53.9 Å². The van der Waals surface area contributed by atoms with E-state index < -0.39 is 5.91 Å². The number of aryl methyl sites for hydroxylation is 1. The van der Waals surface area contributed by atoms with Crippen LogP contribution >= 0.6 is 0 Å². The Morgan fingerprint density at radius 3 is 2.11 bits per heavy atom. The number of likely N-dealkylation sites (N-methyl/N-ethyl adjacent to an activating group) is 1. The Bertz CT molecular complexity index is 1420. The van der Waals surface area contributed by atoms with E-state index in [1.54, 1.807) is 11.6 Å². The van der Waals surface area contributed by atoms with Gasteiger partial charge in [-0.1, -0.05) is 60.7 Å². The molecule has 0 aliphatic carbocycles. The van der Waals surface area contributed by atoms with E-state index >= 15 is 0 Å². The number of hydrogen-bond donors (Lipinski definition) is 1. The molecule has 0 spiro atoms. The van der Waals surface area contributed by atoms with E-state index in [4.69, 9.17) is 5.73 Å². The summed E-state index contributed by atoms with van der Waals surface area (Å²) in [5.41, 5.74) is 12.5. The molecule has 2 aliphatic rings. The van der Waals surface area contributed by atoms with Gasteiger partial charge >= 0.3 is 0 Å². The van der Waals surface area contributed by atoms with Gasteiger partial charge in [0.1, 0.15) is 5.82 Å². The van der Waals surface area contributed by atoms with Gasteiger partial charge in [-0.15, -0.1) is 5.10 Å². The normalized spacial score (nSPS) is 19.6. The van der Waals surface area contributed by atoms with Crippen LogP contribution in [0.3, 0.4) is 0 Å². The van der Waals surface area contributed by atoms with E-state index in [0.29, 0.717) is 5.82 Å². The first kappa shape index (κ1) is 24.5. The Morgan fingerprint density at radius 2 is 1.50 bits per heavy atom. The highest BCUT2D eigenvalue weighted by molar-refractivity contribution is 5.88. The largest absolute Gasteiger partial charge is 0.363 e. The van der Waals surface area contributed by atoms with Crippen molar-refractivity contribution in [2.75, 3.05) is 26.7 Å². The van der Waals surface area contributed by atoms with Crippen molar-refractivity contribution in [3.63, 3.8) is 0 Å². The number of amides is 1. The van der Waals surface area contributed by atoms with E-state index in [-0.39, 0.29) is 5.82 Å². The molecule has 7 heteroatoms. The van der Waals surface area contributed by atoms with Crippen molar-refractivity contribution in [1.82, 2.24) is 24.6 Å². The molecule has 3 heterocycles. The van der Waals surface area contributed by atoms with Crippen LogP contribution in [-0.2, 0) is 13.0 Å². The van der Waals surface area contributed by atoms with Crippen molar-refractivity contribution in [2.45, 2.75) is 32.4 Å². The number of nitrogens with zero attached hydrogens (tertiary/aromatic N) is 5. The van der Waals surface area contributed by atoms with Crippen LogP contribution < -0.4 is 5.73 Å². The maximum atomic E-state index is 11.4. The average molecular weight is 507 g/mol. The summed E-state index contributed by atoms with van der Waals surface area (Å²) in [6.07, 6.45) is 2.18. The van der Waals surface area contributed by atoms with Crippen LogP contribution in [0.1, 0.15) is 39.6 Å². The standard InChI is InChI=1S/C31H34N6O/c1-21-33-31(30(32)38)34-37(21)28-13-7-23(8-14-28)17-22-3-9-25(10-4-22)26-11-5-24(6-12-26)18-36-16-15-27-19-35(2)20-29(27)36/h3-14,27,29H,15-20H2,1-2H3,(H2,32,38). The third-order valence-corrected chi connectivity index (χ3v) is 8.05. The third-order valence-electron chi connectivity index (χ3n) is 8.05. The third kappa shape index (κ3) is 4.99. The van der Waals surface area contributed by atoms with Crippen LogP contribution in [0.4, 0.5) is 0 Å². The van der Waals surface area contributed by atoms with Crippen molar-refractivity contribution in [1.29, 1.82) is 0 Å². The fourth-order valence-corrected chi connectivity index (χ4v) is 6.04. The van der Waals surface area contributed by atoms with Gasteiger partial charge in [0, 0.05) is 25.7 Å². The second-order valence-electron chi connectivity index (χ2n) is 10.8.